The van der Waals surface area contributed by atoms with Crippen molar-refractivity contribution in [3.63, 3.8) is 0 Å². The summed E-state index contributed by atoms with van der Waals surface area (Å²) in [6.45, 7) is 0. The molecule has 0 saturated carbocycles. The topological polar surface area (TPSA) is 72.5 Å². The molecule has 0 bridgehead atoms. The first-order valence-corrected chi connectivity index (χ1v) is 11.6. The SMILES string of the molecule is COc1ccc([C@H]2CC(=O)Nc3c(S(=O)(=O)c4ccccc4)csc32)cc1Br. The van der Waals surface area contributed by atoms with Crippen LogP contribution in [0.5, 0.6) is 5.75 Å². The van der Waals surface area contributed by atoms with Crippen LogP contribution in [0.4, 0.5) is 5.69 Å². The molecular weight excluding hydrogens is 462 g/mol. The molecule has 0 spiro atoms. The van der Waals surface area contributed by atoms with Crippen LogP contribution in [0.15, 0.2) is 68.2 Å². The number of hydrogen-bond donors (Lipinski definition) is 1. The minimum Gasteiger partial charge on any atom is -0.496 e. The number of anilines is 1. The van der Waals surface area contributed by atoms with E-state index in [2.05, 4.69) is 21.2 Å². The number of sulfone groups is 1. The molecule has 5 nitrogen and oxygen atoms in total. The van der Waals surface area contributed by atoms with Crippen molar-refractivity contribution >= 4 is 48.7 Å². The molecule has 1 aromatic heterocycles. The summed E-state index contributed by atoms with van der Waals surface area (Å²) in [6.07, 6.45) is 0.261. The highest BCUT2D eigenvalue weighted by molar-refractivity contribution is 9.10. The van der Waals surface area contributed by atoms with Crippen molar-refractivity contribution in [2.24, 2.45) is 0 Å². The normalized spacial score (nSPS) is 16.4. The van der Waals surface area contributed by atoms with Gasteiger partial charge in [-0.15, -0.1) is 11.3 Å². The molecule has 0 radical (unpaired) electrons. The van der Waals surface area contributed by atoms with Gasteiger partial charge >= 0.3 is 0 Å². The van der Waals surface area contributed by atoms with Crippen LogP contribution in [0, 0.1) is 0 Å². The molecule has 4 rings (SSSR count). The summed E-state index contributed by atoms with van der Waals surface area (Å²) >= 11 is 4.83. The van der Waals surface area contributed by atoms with Crippen LogP contribution in [-0.4, -0.2) is 21.4 Å². The largest absolute Gasteiger partial charge is 0.496 e. The number of methoxy groups -OCH3 is 1. The molecule has 3 aromatic rings. The number of halogens is 1. The molecule has 144 valence electrons. The first kappa shape index (κ1) is 19.2. The smallest absolute Gasteiger partial charge is 0.225 e. The number of rotatable bonds is 4. The minimum atomic E-state index is -3.72. The van der Waals surface area contributed by atoms with Gasteiger partial charge in [0.15, 0.2) is 0 Å². The average Bonchev–Trinajstić information content (AvgIpc) is 3.12. The van der Waals surface area contributed by atoms with Crippen molar-refractivity contribution in [3.8, 4) is 5.75 Å². The molecule has 0 unspecified atom stereocenters. The first-order valence-electron chi connectivity index (χ1n) is 8.46. The fraction of sp³-hybridized carbons (Fsp3) is 0.150. The maximum absolute atomic E-state index is 13.1. The Kier molecular flexibility index (Phi) is 5.03. The maximum atomic E-state index is 13.1. The van der Waals surface area contributed by atoms with Gasteiger partial charge in [0.05, 0.1) is 22.2 Å². The Morgan fingerprint density at radius 1 is 1.18 bits per heavy atom. The second-order valence-electron chi connectivity index (χ2n) is 6.35. The quantitative estimate of drug-likeness (QED) is 0.584. The third-order valence-corrected chi connectivity index (χ3v) is 8.34. The zero-order valence-corrected chi connectivity index (χ0v) is 18.0. The summed E-state index contributed by atoms with van der Waals surface area (Å²) in [7, 11) is -2.13. The van der Waals surface area contributed by atoms with Crippen LogP contribution in [0.3, 0.4) is 0 Å². The summed E-state index contributed by atoms with van der Waals surface area (Å²) in [6, 6.07) is 13.9. The number of thiophene rings is 1. The highest BCUT2D eigenvalue weighted by Gasteiger charge is 2.34. The van der Waals surface area contributed by atoms with Gasteiger partial charge in [-0.1, -0.05) is 24.3 Å². The molecule has 1 atom stereocenters. The van der Waals surface area contributed by atoms with E-state index < -0.39 is 9.84 Å². The van der Waals surface area contributed by atoms with Gasteiger partial charge in [0.25, 0.3) is 0 Å². The summed E-state index contributed by atoms with van der Waals surface area (Å²) in [4.78, 5) is 13.6. The maximum Gasteiger partial charge on any atom is 0.225 e. The van der Waals surface area contributed by atoms with Crippen molar-refractivity contribution in [2.45, 2.75) is 22.1 Å². The monoisotopic (exact) mass is 477 g/mol. The zero-order valence-electron chi connectivity index (χ0n) is 14.8. The Morgan fingerprint density at radius 3 is 2.61 bits per heavy atom. The molecule has 0 aliphatic carbocycles. The molecule has 2 heterocycles. The summed E-state index contributed by atoms with van der Waals surface area (Å²) in [5.41, 5.74) is 1.32. The van der Waals surface area contributed by atoms with Crippen LogP contribution < -0.4 is 10.1 Å². The molecular formula is C20H16BrNO4S2. The lowest BCUT2D eigenvalue weighted by Crippen LogP contribution is -2.23. The van der Waals surface area contributed by atoms with Crippen molar-refractivity contribution in [3.05, 3.63) is 68.8 Å². The molecule has 1 amide bonds. The third-order valence-electron chi connectivity index (χ3n) is 4.68. The number of ether oxygens (including phenoxy) is 1. The molecule has 1 aliphatic heterocycles. The predicted octanol–water partition coefficient (Wildman–Crippen LogP) is 4.83. The van der Waals surface area contributed by atoms with Crippen molar-refractivity contribution in [1.29, 1.82) is 0 Å². The van der Waals surface area contributed by atoms with Gasteiger partial charge in [-0.3, -0.25) is 4.79 Å². The fourth-order valence-corrected chi connectivity index (χ4v) is 6.78. The number of fused-ring (bicyclic) bond motifs is 1. The van der Waals surface area contributed by atoms with Crippen LogP contribution >= 0.6 is 27.3 Å². The minimum absolute atomic E-state index is 0.143. The molecule has 0 fully saturated rings. The van der Waals surface area contributed by atoms with Crippen molar-refractivity contribution in [1.82, 2.24) is 0 Å². The van der Waals surface area contributed by atoms with Crippen molar-refractivity contribution in [2.75, 3.05) is 12.4 Å². The van der Waals surface area contributed by atoms with Crippen LogP contribution in [-0.2, 0) is 14.6 Å². The number of amides is 1. The molecule has 0 saturated heterocycles. The van der Waals surface area contributed by atoms with E-state index in [1.54, 1.807) is 42.8 Å². The summed E-state index contributed by atoms with van der Waals surface area (Å²) in [5, 5.41) is 4.39. The summed E-state index contributed by atoms with van der Waals surface area (Å²) < 4.78 is 32.2. The number of nitrogens with one attached hydrogen (secondary N) is 1. The highest BCUT2D eigenvalue weighted by atomic mass is 79.9. The van der Waals surface area contributed by atoms with Crippen LogP contribution in [0.2, 0.25) is 0 Å². The number of carbonyl (C=O) groups excluding carboxylic acids is 1. The average molecular weight is 478 g/mol. The van der Waals surface area contributed by atoms with Gasteiger partial charge in [-0.2, -0.15) is 0 Å². The number of benzene rings is 2. The first-order chi connectivity index (χ1) is 13.4. The van der Waals surface area contributed by atoms with Gasteiger partial charge in [0.2, 0.25) is 15.7 Å². The van der Waals surface area contributed by atoms with Gasteiger partial charge in [-0.25, -0.2) is 8.42 Å². The van der Waals surface area contributed by atoms with Gasteiger partial charge in [-0.05, 0) is 45.8 Å². The molecule has 28 heavy (non-hydrogen) atoms. The third kappa shape index (κ3) is 3.25. The van der Waals surface area contributed by atoms with E-state index >= 15 is 0 Å². The lowest BCUT2D eigenvalue weighted by atomic mass is 9.90. The Morgan fingerprint density at radius 2 is 1.93 bits per heavy atom. The van der Waals surface area contributed by atoms with E-state index in [0.29, 0.717) is 11.4 Å². The van der Waals surface area contributed by atoms with Crippen molar-refractivity contribution < 1.29 is 17.9 Å². The second kappa shape index (κ2) is 7.35. The molecule has 1 N–H and O–H groups in total. The number of carbonyl (C=O) groups is 1. The Bertz CT molecular complexity index is 1160. The van der Waals surface area contributed by atoms with Crippen LogP contribution in [0.1, 0.15) is 22.8 Å². The Hall–Kier alpha value is -2.16. The molecule has 1 aliphatic rings. The summed E-state index contributed by atoms with van der Waals surface area (Å²) in [5.74, 6) is 0.283. The lowest BCUT2D eigenvalue weighted by Gasteiger charge is -2.24. The van der Waals surface area contributed by atoms with Gasteiger partial charge in [0.1, 0.15) is 10.6 Å². The van der Waals surface area contributed by atoms with Gasteiger partial charge in [0, 0.05) is 22.6 Å². The van der Waals surface area contributed by atoms with E-state index in [-0.39, 0.29) is 28.0 Å². The van der Waals surface area contributed by atoms with E-state index in [1.807, 2.05) is 18.2 Å². The fourth-order valence-electron chi connectivity index (χ4n) is 3.30. The lowest BCUT2D eigenvalue weighted by molar-refractivity contribution is -0.116. The Labute approximate surface area is 175 Å². The predicted molar refractivity (Wildman–Crippen MR) is 112 cm³/mol. The van der Waals surface area contributed by atoms with Gasteiger partial charge < -0.3 is 10.1 Å². The highest BCUT2D eigenvalue weighted by Crippen LogP contribution is 2.46. The Balaban J connectivity index is 1.82. The number of hydrogen-bond acceptors (Lipinski definition) is 5. The van der Waals surface area contributed by atoms with E-state index in [4.69, 9.17) is 4.74 Å². The zero-order chi connectivity index (χ0) is 19.9. The van der Waals surface area contributed by atoms with Crippen LogP contribution in [0.25, 0.3) is 0 Å². The standard InChI is InChI=1S/C20H16BrNO4S2/c1-26-16-8-7-12(9-15(16)21)14-10-18(23)22-19-17(11-27-20(14)19)28(24,25)13-5-3-2-4-6-13/h2-9,11,14H,10H2,1H3,(H,22,23)/t14-/m1/s1. The molecule has 2 aromatic carbocycles. The second-order valence-corrected chi connectivity index (χ2v) is 10.0. The molecule has 8 heteroatoms. The van der Waals surface area contributed by atoms with E-state index in [1.165, 1.54) is 11.3 Å². The van der Waals surface area contributed by atoms with E-state index in [0.717, 1.165) is 14.9 Å². The van der Waals surface area contributed by atoms with E-state index in [9.17, 15) is 13.2 Å².